The quantitative estimate of drug-likeness (QED) is 0.728. The fraction of sp³-hybridized carbons (Fsp3) is 0.750. The van der Waals surface area contributed by atoms with E-state index in [2.05, 4.69) is 14.3 Å². The van der Waals surface area contributed by atoms with Crippen molar-refractivity contribution in [1.82, 2.24) is 9.36 Å². The second-order valence-corrected chi connectivity index (χ2v) is 4.11. The molecule has 3 nitrogen and oxygen atoms in total. The summed E-state index contributed by atoms with van der Waals surface area (Å²) < 4.78 is 16.4. The van der Waals surface area contributed by atoms with Gasteiger partial charge in [-0.25, -0.2) is 4.98 Å². The first-order valence-corrected chi connectivity index (χ1v) is 5.18. The zero-order chi connectivity index (χ0) is 9.26. The van der Waals surface area contributed by atoms with Crippen LogP contribution in [-0.2, 0) is 0 Å². The van der Waals surface area contributed by atoms with Gasteiger partial charge in [0.05, 0.1) is 6.67 Å². The van der Waals surface area contributed by atoms with Crippen molar-refractivity contribution in [2.24, 2.45) is 5.92 Å². The Hall–Kier alpha value is -0.710. The lowest BCUT2D eigenvalue weighted by molar-refractivity contribution is 0.385. The van der Waals surface area contributed by atoms with E-state index in [9.17, 15) is 4.39 Å². The third-order valence-corrected chi connectivity index (χ3v) is 3.16. The van der Waals surface area contributed by atoms with E-state index in [1.807, 2.05) is 6.92 Å². The van der Waals surface area contributed by atoms with Gasteiger partial charge >= 0.3 is 0 Å². The van der Waals surface area contributed by atoms with Crippen LogP contribution in [0.1, 0.15) is 12.2 Å². The highest BCUT2D eigenvalue weighted by Crippen LogP contribution is 2.25. The average Bonchev–Trinajstić information content (AvgIpc) is 2.71. The van der Waals surface area contributed by atoms with Crippen LogP contribution in [0.3, 0.4) is 0 Å². The Bertz CT molecular complexity index is 289. The first-order valence-electron chi connectivity index (χ1n) is 4.41. The van der Waals surface area contributed by atoms with E-state index in [0.717, 1.165) is 30.5 Å². The summed E-state index contributed by atoms with van der Waals surface area (Å²) in [6.07, 6.45) is 0.940. The normalized spacial score (nSPS) is 22.6. The summed E-state index contributed by atoms with van der Waals surface area (Å²) >= 11 is 1.40. The second kappa shape index (κ2) is 3.57. The van der Waals surface area contributed by atoms with Gasteiger partial charge in [-0.3, -0.25) is 4.39 Å². The predicted octanol–water partition coefficient (Wildman–Crippen LogP) is 1.64. The number of aryl methyl sites for hydroxylation is 1. The first kappa shape index (κ1) is 8.87. The number of alkyl halides is 1. The molecule has 0 aromatic carbocycles. The first-order chi connectivity index (χ1) is 6.29. The Balaban J connectivity index is 2.03. The summed E-state index contributed by atoms with van der Waals surface area (Å²) in [5, 5.41) is 0.938. The summed E-state index contributed by atoms with van der Waals surface area (Å²) in [5.74, 6) is 1.01. The molecule has 0 radical (unpaired) electrons. The number of rotatable bonds is 2. The van der Waals surface area contributed by atoms with Crippen LogP contribution in [-0.4, -0.2) is 29.1 Å². The molecule has 1 aromatic rings. The molecule has 1 unspecified atom stereocenters. The number of anilines is 1. The van der Waals surface area contributed by atoms with Gasteiger partial charge < -0.3 is 4.90 Å². The minimum atomic E-state index is -0.214. The molecule has 1 fully saturated rings. The molecule has 2 heterocycles. The molecule has 1 atom stereocenters. The van der Waals surface area contributed by atoms with Crippen molar-refractivity contribution in [2.45, 2.75) is 13.3 Å². The number of hydrogen-bond acceptors (Lipinski definition) is 4. The van der Waals surface area contributed by atoms with Gasteiger partial charge in [0.25, 0.3) is 0 Å². The number of halogens is 1. The Morgan fingerprint density at radius 2 is 2.54 bits per heavy atom. The van der Waals surface area contributed by atoms with Gasteiger partial charge in [0.2, 0.25) is 5.13 Å². The summed E-state index contributed by atoms with van der Waals surface area (Å²) in [7, 11) is 0. The lowest BCUT2D eigenvalue weighted by Crippen LogP contribution is -2.19. The summed E-state index contributed by atoms with van der Waals surface area (Å²) in [4.78, 5) is 6.39. The fourth-order valence-corrected chi connectivity index (χ4v) is 2.26. The molecule has 0 bridgehead atoms. The average molecular weight is 201 g/mol. The van der Waals surface area contributed by atoms with E-state index in [1.54, 1.807) is 0 Å². The number of hydrogen-bond donors (Lipinski definition) is 0. The summed E-state index contributed by atoms with van der Waals surface area (Å²) in [6.45, 7) is 3.38. The second-order valence-electron chi connectivity index (χ2n) is 3.38. The molecule has 0 amide bonds. The zero-order valence-electron chi connectivity index (χ0n) is 7.53. The van der Waals surface area contributed by atoms with Gasteiger partial charge in [0.15, 0.2) is 0 Å². The standard InChI is InChI=1S/C8H12FN3S/c1-6-10-8(13-11-6)12-3-2-7(4-9)5-12/h7H,2-5H2,1H3. The lowest BCUT2D eigenvalue weighted by atomic mass is 10.1. The van der Waals surface area contributed by atoms with Crippen LogP contribution >= 0.6 is 11.5 Å². The molecule has 1 aliphatic rings. The van der Waals surface area contributed by atoms with Crippen LogP contribution in [0.2, 0.25) is 0 Å². The number of nitrogens with zero attached hydrogens (tertiary/aromatic N) is 3. The Labute approximate surface area is 80.8 Å². The maximum atomic E-state index is 12.3. The van der Waals surface area contributed by atoms with E-state index in [-0.39, 0.29) is 12.6 Å². The molecule has 1 aliphatic heterocycles. The van der Waals surface area contributed by atoms with Gasteiger partial charge in [-0.05, 0) is 13.3 Å². The molecule has 1 saturated heterocycles. The predicted molar refractivity (Wildman–Crippen MR) is 50.9 cm³/mol. The van der Waals surface area contributed by atoms with Gasteiger partial charge in [-0.1, -0.05) is 0 Å². The molecular weight excluding hydrogens is 189 g/mol. The number of aromatic nitrogens is 2. The van der Waals surface area contributed by atoms with Crippen LogP contribution in [0.25, 0.3) is 0 Å². The molecule has 0 saturated carbocycles. The molecule has 0 spiro atoms. The van der Waals surface area contributed by atoms with Crippen molar-refractivity contribution in [2.75, 3.05) is 24.7 Å². The topological polar surface area (TPSA) is 29.0 Å². The van der Waals surface area contributed by atoms with Crippen molar-refractivity contribution >= 4 is 16.7 Å². The van der Waals surface area contributed by atoms with E-state index in [1.165, 1.54) is 11.5 Å². The van der Waals surface area contributed by atoms with Crippen molar-refractivity contribution < 1.29 is 4.39 Å². The SMILES string of the molecule is Cc1nsc(N2CCC(CF)C2)n1. The highest BCUT2D eigenvalue weighted by molar-refractivity contribution is 7.09. The zero-order valence-corrected chi connectivity index (χ0v) is 8.35. The van der Waals surface area contributed by atoms with Crippen LogP contribution in [0.15, 0.2) is 0 Å². The smallest absolute Gasteiger partial charge is 0.205 e. The fourth-order valence-electron chi connectivity index (χ4n) is 1.55. The van der Waals surface area contributed by atoms with Crippen LogP contribution < -0.4 is 4.90 Å². The van der Waals surface area contributed by atoms with Crippen LogP contribution in [0.5, 0.6) is 0 Å². The van der Waals surface area contributed by atoms with Crippen LogP contribution in [0.4, 0.5) is 9.52 Å². The molecule has 0 aliphatic carbocycles. The minimum Gasteiger partial charge on any atom is -0.346 e. The van der Waals surface area contributed by atoms with Crippen LogP contribution in [0, 0.1) is 12.8 Å². The molecule has 72 valence electrons. The molecule has 2 rings (SSSR count). The van der Waals surface area contributed by atoms with Crippen molar-refractivity contribution in [3.05, 3.63) is 5.82 Å². The highest BCUT2D eigenvalue weighted by Gasteiger charge is 2.24. The third-order valence-electron chi connectivity index (χ3n) is 2.29. The van der Waals surface area contributed by atoms with Gasteiger partial charge in [0.1, 0.15) is 5.82 Å². The van der Waals surface area contributed by atoms with Gasteiger partial charge in [-0.15, -0.1) is 0 Å². The Morgan fingerprint density at radius 1 is 1.69 bits per heavy atom. The van der Waals surface area contributed by atoms with Crippen molar-refractivity contribution in [3.63, 3.8) is 0 Å². The summed E-state index contributed by atoms with van der Waals surface area (Å²) in [5.41, 5.74) is 0. The maximum Gasteiger partial charge on any atom is 0.205 e. The van der Waals surface area contributed by atoms with Gasteiger partial charge in [0, 0.05) is 30.5 Å². The molecule has 13 heavy (non-hydrogen) atoms. The largest absolute Gasteiger partial charge is 0.346 e. The van der Waals surface area contributed by atoms with E-state index in [0.29, 0.717) is 0 Å². The Morgan fingerprint density at radius 3 is 3.08 bits per heavy atom. The molecule has 0 N–H and O–H groups in total. The molecular formula is C8H12FN3S. The monoisotopic (exact) mass is 201 g/mol. The molecule has 1 aromatic heterocycles. The van der Waals surface area contributed by atoms with E-state index >= 15 is 0 Å². The lowest BCUT2D eigenvalue weighted by Gasteiger charge is -2.12. The van der Waals surface area contributed by atoms with E-state index < -0.39 is 0 Å². The highest BCUT2D eigenvalue weighted by atomic mass is 32.1. The van der Waals surface area contributed by atoms with Gasteiger partial charge in [-0.2, -0.15) is 4.37 Å². The minimum absolute atomic E-state index is 0.198. The maximum absolute atomic E-state index is 12.3. The van der Waals surface area contributed by atoms with E-state index in [4.69, 9.17) is 0 Å². The summed E-state index contributed by atoms with van der Waals surface area (Å²) in [6, 6.07) is 0. The Kier molecular flexibility index (Phi) is 2.44. The van der Waals surface area contributed by atoms with Crippen molar-refractivity contribution in [3.8, 4) is 0 Å². The van der Waals surface area contributed by atoms with Crippen molar-refractivity contribution in [1.29, 1.82) is 0 Å². The third kappa shape index (κ3) is 1.80. The molecule has 5 heteroatoms.